The highest BCUT2D eigenvalue weighted by atomic mass is 79.9. The summed E-state index contributed by atoms with van der Waals surface area (Å²) in [5.41, 5.74) is 4.89. The van der Waals surface area contributed by atoms with Gasteiger partial charge in [-0.1, -0.05) is 80.4 Å². The van der Waals surface area contributed by atoms with Crippen LogP contribution in [0.5, 0.6) is 0 Å². The van der Waals surface area contributed by atoms with Crippen molar-refractivity contribution in [1.29, 1.82) is 0 Å². The average Bonchev–Trinajstić information content (AvgIpc) is 2.47. The van der Waals surface area contributed by atoms with Crippen LogP contribution in [0.15, 0.2) is 81.7 Å². The van der Waals surface area contributed by atoms with Gasteiger partial charge in [-0.2, -0.15) is 0 Å². The van der Waals surface area contributed by atoms with Gasteiger partial charge in [0.25, 0.3) is 0 Å². The monoisotopic (exact) mass is 386 g/mol. The standard InChI is InChI=1S/C18H12Br2/c19-17-10-16(11-18(20)12-17)15-8-4-7-14(9-15)13-5-2-1-3-6-13/h1-12H. The molecule has 3 aromatic rings. The van der Waals surface area contributed by atoms with Gasteiger partial charge in [-0.05, 0) is 46.5 Å². The second-order valence-corrected chi connectivity index (χ2v) is 6.44. The van der Waals surface area contributed by atoms with Crippen molar-refractivity contribution in [3.05, 3.63) is 81.7 Å². The first-order valence-corrected chi connectivity index (χ1v) is 7.93. The van der Waals surface area contributed by atoms with E-state index < -0.39 is 0 Å². The molecule has 2 heteroatoms. The Labute approximate surface area is 135 Å². The highest BCUT2D eigenvalue weighted by Gasteiger charge is 2.03. The quantitative estimate of drug-likeness (QED) is 0.467. The van der Waals surface area contributed by atoms with Gasteiger partial charge in [-0.25, -0.2) is 0 Å². The Morgan fingerprint density at radius 3 is 1.65 bits per heavy atom. The van der Waals surface area contributed by atoms with E-state index in [1.165, 1.54) is 22.3 Å². The average molecular weight is 388 g/mol. The molecule has 0 aliphatic rings. The molecule has 0 aromatic heterocycles. The van der Waals surface area contributed by atoms with Crippen molar-refractivity contribution in [1.82, 2.24) is 0 Å². The first-order chi connectivity index (χ1) is 9.72. The van der Waals surface area contributed by atoms with Crippen LogP contribution in [0.2, 0.25) is 0 Å². The zero-order chi connectivity index (χ0) is 13.9. The maximum Gasteiger partial charge on any atom is 0.0192 e. The zero-order valence-corrected chi connectivity index (χ0v) is 13.9. The summed E-state index contributed by atoms with van der Waals surface area (Å²) in [5.74, 6) is 0. The highest BCUT2D eigenvalue weighted by Crippen LogP contribution is 2.30. The van der Waals surface area contributed by atoms with Crippen LogP contribution in [-0.2, 0) is 0 Å². The fourth-order valence-electron chi connectivity index (χ4n) is 2.23. The molecular weight excluding hydrogens is 376 g/mol. The normalized spacial score (nSPS) is 10.5. The van der Waals surface area contributed by atoms with Gasteiger partial charge < -0.3 is 0 Å². The van der Waals surface area contributed by atoms with E-state index in [4.69, 9.17) is 0 Å². The van der Waals surface area contributed by atoms with Crippen LogP contribution in [0.1, 0.15) is 0 Å². The highest BCUT2D eigenvalue weighted by molar-refractivity contribution is 9.11. The van der Waals surface area contributed by atoms with E-state index in [1.54, 1.807) is 0 Å². The van der Waals surface area contributed by atoms with Crippen LogP contribution in [0.25, 0.3) is 22.3 Å². The van der Waals surface area contributed by atoms with Gasteiger partial charge in [0.2, 0.25) is 0 Å². The topological polar surface area (TPSA) is 0 Å². The first kappa shape index (κ1) is 13.6. The van der Waals surface area contributed by atoms with E-state index in [1.807, 2.05) is 12.1 Å². The molecule has 0 nitrogen and oxygen atoms in total. The van der Waals surface area contributed by atoms with E-state index in [9.17, 15) is 0 Å². The number of benzene rings is 3. The van der Waals surface area contributed by atoms with Gasteiger partial charge >= 0.3 is 0 Å². The van der Waals surface area contributed by atoms with Crippen molar-refractivity contribution in [3.63, 3.8) is 0 Å². The molecule has 0 unspecified atom stereocenters. The predicted octanol–water partition coefficient (Wildman–Crippen LogP) is 6.55. The minimum atomic E-state index is 1.08. The zero-order valence-electron chi connectivity index (χ0n) is 10.7. The van der Waals surface area contributed by atoms with Gasteiger partial charge in [0.05, 0.1) is 0 Å². The van der Waals surface area contributed by atoms with Crippen LogP contribution in [-0.4, -0.2) is 0 Å². The third-order valence-electron chi connectivity index (χ3n) is 3.17. The smallest absolute Gasteiger partial charge is 0.0192 e. The molecule has 0 N–H and O–H groups in total. The third kappa shape index (κ3) is 3.02. The van der Waals surface area contributed by atoms with Crippen LogP contribution in [0.3, 0.4) is 0 Å². The molecule has 0 aliphatic heterocycles. The van der Waals surface area contributed by atoms with Crippen molar-refractivity contribution >= 4 is 31.9 Å². The third-order valence-corrected chi connectivity index (χ3v) is 4.08. The molecule has 3 rings (SSSR count). The summed E-state index contributed by atoms with van der Waals surface area (Å²) < 4.78 is 2.15. The molecule has 0 atom stereocenters. The number of rotatable bonds is 2. The Balaban J connectivity index is 2.07. The summed E-state index contributed by atoms with van der Waals surface area (Å²) in [6, 6.07) is 25.4. The molecule has 0 saturated heterocycles. The summed E-state index contributed by atoms with van der Waals surface area (Å²) >= 11 is 7.09. The molecule has 0 amide bonds. The Morgan fingerprint density at radius 2 is 1.00 bits per heavy atom. The second kappa shape index (κ2) is 5.94. The second-order valence-electron chi connectivity index (χ2n) is 4.60. The summed E-state index contributed by atoms with van der Waals surface area (Å²) in [6.45, 7) is 0. The van der Waals surface area contributed by atoms with Gasteiger partial charge in [0, 0.05) is 8.95 Å². The fraction of sp³-hybridized carbons (Fsp3) is 0. The van der Waals surface area contributed by atoms with E-state index in [0.29, 0.717) is 0 Å². The van der Waals surface area contributed by atoms with Crippen molar-refractivity contribution in [2.75, 3.05) is 0 Å². The van der Waals surface area contributed by atoms with Gasteiger partial charge in [0.15, 0.2) is 0 Å². The van der Waals surface area contributed by atoms with E-state index >= 15 is 0 Å². The molecule has 20 heavy (non-hydrogen) atoms. The predicted molar refractivity (Wildman–Crippen MR) is 92.7 cm³/mol. The molecule has 0 heterocycles. The Hall–Kier alpha value is -1.38. The van der Waals surface area contributed by atoms with Gasteiger partial charge in [0.1, 0.15) is 0 Å². The molecule has 0 aliphatic carbocycles. The molecule has 0 spiro atoms. The molecule has 0 fully saturated rings. The van der Waals surface area contributed by atoms with Crippen LogP contribution >= 0.6 is 31.9 Å². The lowest BCUT2D eigenvalue weighted by Gasteiger charge is -2.07. The Bertz CT molecular complexity index is 713. The summed E-state index contributed by atoms with van der Waals surface area (Å²) in [4.78, 5) is 0. The summed E-state index contributed by atoms with van der Waals surface area (Å²) in [7, 11) is 0. The molecule has 98 valence electrons. The largest absolute Gasteiger partial charge is 0.0622 e. The summed E-state index contributed by atoms with van der Waals surface area (Å²) in [6.07, 6.45) is 0. The number of halogens is 2. The molecule has 0 saturated carbocycles. The lowest BCUT2D eigenvalue weighted by atomic mass is 9.99. The first-order valence-electron chi connectivity index (χ1n) is 6.34. The van der Waals surface area contributed by atoms with Crippen LogP contribution in [0, 0.1) is 0 Å². The van der Waals surface area contributed by atoms with Crippen LogP contribution in [0.4, 0.5) is 0 Å². The van der Waals surface area contributed by atoms with E-state index in [2.05, 4.69) is 92.5 Å². The maximum absolute atomic E-state index is 3.54. The minimum Gasteiger partial charge on any atom is -0.0622 e. The molecular formula is C18H12Br2. The SMILES string of the molecule is Brc1cc(Br)cc(-c2cccc(-c3ccccc3)c2)c1. The van der Waals surface area contributed by atoms with Crippen molar-refractivity contribution in [2.45, 2.75) is 0 Å². The minimum absolute atomic E-state index is 1.08. The molecule has 0 bridgehead atoms. The number of hydrogen-bond acceptors (Lipinski definition) is 0. The summed E-state index contributed by atoms with van der Waals surface area (Å²) in [5, 5.41) is 0. The Kier molecular flexibility index (Phi) is 4.04. The van der Waals surface area contributed by atoms with E-state index in [-0.39, 0.29) is 0 Å². The number of hydrogen-bond donors (Lipinski definition) is 0. The van der Waals surface area contributed by atoms with E-state index in [0.717, 1.165) is 8.95 Å². The van der Waals surface area contributed by atoms with Crippen molar-refractivity contribution < 1.29 is 0 Å². The van der Waals surface area contributed by atoms with Crippen LogP contribution < -0.4 is 0 Å². The van der Waals surface area contributed by atoms with Crippen molar-refractivity contribution in [3.8, 4) is 22.3 Å². The lowest BCUT2D eigenvalue weighted by Crippen LogP contribution is -1.82. The molecule has 3 aromatic carbocycles. The lowest BCUT2D eigenvalue weighted by molar-refractivity contribution is 1.55. The Morgan fingerprint density at radius 1 is 0.450 bits per heavy atom. The van der Waals surface area contributed by atoms with Gasteiger partial charge in [-0.15, -0.1) is 0 Å². The molecule has 0 radical (unpaired) electrons. The van der Waals surface area contributed by atoms with Gasteiger partial charge in [-0.3, -0.25) is 0 Å². The fourth-order valence-corrected chi connectivity index (χ4v) is 3.52. The maximum atomic E-state index is 3.54. The van der Waals surface area contributed by atoms with Crippen molar-refractivity contribution in [2.24, 2.45) is 0 Å².